The molecule has 6 rings (SSSR count). The number of aromatic amines is 1. The summed E-state index contributed by atoms with van der Waals surface area (Å²) in [5.74, 6) is 1.86. The molecule has 4 aliphatic carbocycles. The van der Waals surface area contributed by atoms with E-state index in [0.29, 0.717) is 16.2 Å². The molecule has 4 fully saturated rings. The summed E-state index contributed by atoms with van der Waals surface area (Å²) in [6.45, 7) is 6.10. The van der Waals surface area contributed by atoms with Gasteiger partial charge in [-0.05, 0) is 60.7 Å². The van der Waals surface area contributed by atoms with Crippen molar-refractivity contribution in [2.75, 3.05) is 11.9 Å². The Kier molecular flexibility index (Phi) is 2.54. The van der Waals surface area contributed by atoms with Crippen LogP contribution in [0.25, 0.3) is 11.0 Å². The van der Waals surface area contributed by atoms with Crippen LogP contribution in [0.1, 0.15) is 52.4 Å². The standard InChI is InChI=1S/C18H25N5/c1-16-3-12-4-17(2,7-16)9-18(5-12,8-16)10-19-14-13-6-22-23-15(13)21-11-20-14/h6,11-12H,3-5,7-10H2,1-2H3,(H2,19,20,21,22,23). The number of nitrogens with one attached hydrogen (secondary N) is 2. The first-order valence-electron chi connectivity index (χ1n) is 8.85. The molecule has 2 aromatic heterocycles. The third-order valence-corrected chi connectivity index (χ3v) is 6.62. The Morgan fingerprint density at radius 2 is 1.91 bits per heavy atom. The van der Waals surface area contributed by atoms with Gasteiger partial charge in [0.15, 0.2) is 5.65 Å². The van der Waals surface area contributed by atoms with E-state index in [1.807, 2.05) is 6.20 Å². The van der Waals surface area contributed by atoms with Crippen molar-refractivity contribution in [2.45, 2.75) is 52.4 Å². The summed E-state index contributed by atoms with van der Waals surface area (Å²) in [5, 5.41) is 11.7. The Balaban J connectivity index is 1.43. The SMILES string of the molecule is CC12CC3CC(C)(C1)CC(CNc1ncnc4[nH]ncc14)(C3)C2. The highest BCUT2D eigenvalue weighted by molar-refractivity contribution is 5.85. The molecular formula is C18H25N5. The van der Waals surface area contributed by atoms with E-state index in [4.69, 9.17) is 0 Å². The van der Waals surface area contributed by atoms with Gasteiger partial charge in [0.2, 0.25) is 0 Å². The van der Waals surface area contributed by atoms with Crippen molar-refractivity contribution in [1.29, 1.82) is 0 Å². The third kappa shape index (κ3) is 2.08. The molecule has 23 heavy (non-hydrogen) atoms. The molecule has 2 atom stereocenters. The number of rotatable bonds is 3. The lowest BCUT2D eigenvalue weighted by Gasteiger charge is -2.65. The average molecular weight is 311 g/mol. The van der Waals surface area contributed by atoms with Crippen LogP contribution in [0.15, 0.2) is 12.5 Å². The van der Waals surface area contributed by atoms with Gasteiger partial charge in [-0.25, -0.2) is 9.97 Å². The molecule has 2 aromatic rings. The molecule has 5 heteroatoms. The number of fused-ring (bicyclic) bond motifs is 1. The lowest BCUT2D eigenvalue weighted by Crippen LogP contribution is -2.57. The molecular weight excluding hydrogens is 286 g/mol. The van der Waals surface area contributed by atoms with Crippen molar-refractivity contribution >= 4 is 16.9 Å². The molecule has 2 N–H and O–H groups in total. The van der Waals surface area contributed by atoms with Crippen LogP contribution in [0, 0.1) is 22.2 Å². The molecule has 0 radical (unpaired) electrons. The van der Waals surface area contributed by atoms with Gasteiger partial charge in [0.1, 0.15) is 12.1 Å². The van der Waals surface area contributed by atoms with Crippen molar-refractivity contribution in [3.63, 3.8) is 0 Å². The summed E-state index contributed by atoms with van der Waals surface area (Å²) >= 11 is 0. The van der Waals surface area contributed by atoms with E-state index in [1.54, 1.807) is 6.33 Å². The fraction of sp³-hybridized carbons (Fsp3) is 0.722. The Morgan fingerprint density at radius 3 is 2.65 bits per heavy atom. The Bertz CT molecular complexity index is 748. The average Bonchev–Trinajstić information content (AvgIpc) is 2.90. The molecule has 0 spiro atoms. The topological polar surface area (TPSA) is 66.5 Å². The molecule has 0 saturated heterocycles. The van der Waals surface area contributed by atoms with Crippen LogP contribution in [-0.4, -0.2) is 26.7 Å². The maximum atomic E-state index is 4.45. The van der Waals surface area contributed by atoms with E-state index in [-0.39, 0.29) is 0 Å². The first kappa shape index (κ1) is 13.8. The fourth-order valence-electron chi connectivity index (χ4n) is 7.06. The lowest BCUT2D eigenvalue weighted by atomic mass is 9.40. The first-order chi connectivity index (χ1) is 11.0. The molecule has 0 aromatic carbocycles. The molecule has 4 aliphatic rings. The predicted octanol–water partition coefficient (Wildman–Crippen LogP) is 3.76. The van der Waals surface area contributed by atoms with Gasteiger partial charge in [0.25, 0.3) is 0 Å². The van der Waals surface area contributed by atoms with E-state index in [2.05, 4.69) is 39.3 Å². The maximum Gasteiger partial charge on any atom is 0.160 e. The monoisotopic (exact) mass is 311 g/mol. The predicted molar refractivity (Wildman–Crippen MR) is 90.0 cm³/mol. The smallest absolute Gasteiger partial charge is 0.160 e. The van der Waals surface area contributed by atoms with E-state index in [9.17, 15) is 0 Å². The minimum absolute atomic E-state index is 0.448. The van der Waals surface area contributed by atoms with Crippen LogP contribution < -0.4 is 5.32 Å². The number of hydrogen-bond acceptors (Lipinski definition) is 4. The quantitative estimate of drug-likeness (QED) is 0.905. The molecule has 2 heterocycles. The molecule has 5 nitrogen and oxygen atoms in total. The van der Waals surface area contributed by atoms with Gasteiger partial charge in [0, 0.05) is 6.54 Å². The molecule has 0 amide bonds. The van der Waals surface area contributed by atoms with Gasteiger partial charge in [-0.1, -0.05) is 13.8 Å². The van der Waals surface area contributed by atoms with Crippen LogP contribution >= 0.6 is 0 Å². The maximum absolute atomic E-state index is 4.45. The van der Waals surface area contributed by atoms with Gasteiger partial charge in [-0.3, -0.25) is 5.10 Å². The van der Waals surface area contributed by atoms with Gasteiger partial charge >= 0.3 is 0 Å². The summed E-state index contributed by atoms with van der Waals surface area (Å²) in [7, 11) is 0. The summed E-state index contributed by atoms with van der Waals surface area (Å²) < 4.78 is 0. The van der Waals surface area contributed by atoms with Gasteiger partial charge in [-0.2, -0.15) is 5.10 Å². The minimum atomic E-state index is 0.448. The van der Waals surface area contributed by atoms with Crippen molar-refractivity contribution in [2.24, 2.45) is 22.2 Å². The van der Waals surface area contributed by atoms with Crippen LogP contribution in [0.3, 0.4) is 0 Å². The number of nitrogens with zero attached hydrogens (tertiary/aromatic N) is 3. The molecule has 4 saturated carbocycles. The molecule has 122 valence electrons. The van der Waals surface area contributed by atoms with Crippen LogP contribution in [0.5, 0.6) is 0 Å². The van der Waals surface area contributed by atoms with Crippen molar-refractivity contribution in [3.8, 4) is 0 Å². The zero-order valence-corrected chi connectivity index (χ0v) is 14.0. The highest BCUT2D eigenvalue weighted by atomic mass is 15.2. The van der Waals surface area contributed by atoms with E-state index in [0.717, 1.165) is 29.3 Å². The number of H-pyrrole nitrogens is 1. The summed E-state index contributed by atoms with van der Waals surface area (Å²) in [6, 6.07) is 0. The van der Waals surface area contributed by atoms with Crippen LogP contribution in [-0.2, 0) is 0 Å². The molecule has 2 unspecified atom stereocenters. The normalized spacial score (nSPS) is 41.6. The Labute approximate surface area is 136 Å². The van der Waals surface area contributed by atoms with Gasteiger partial charge in [0.05, 0.1) is 11.6 Å². The van der Waals surface area contributed by atoms with E-state index in [1.165, 1.54) is 38.5 Å². The summed E-state index contributed by atoms with van der Waals surface area (Å²) in [4.78, 5) is 8.68. The van der Waals surface area contributed by atoms with Crippen LogP contribution in [0.4, 0.5) is 5.82 Å². The summed E-state index contributed by atoms with van der Waals surface area (Å²) in [6.07, 6.45) is 11.9. The van der Waals surface area contributed by atoms with Gasteiger partial charge in [-0.15, -0.1) is 0 Å². The Morgan fingerprint density at radius 1 is 1.13 bits per heavy atom. The molecule has 0 aliphatic heterocycles. The number of anilines is 1. The van der Waals surface area contributed by atoms with Gasteiger partial charge < -0.3 is 5.32 Å². The summed E-state index contributed by atoms with van der Waals surface area (Å²) in [5.41, 5.74) is 2.38. The number of aromatic nitrogens is 4. The fourth-order valence-corrected chi connectivity index (χ4v) is 7.06. The highest BCUT2D eigenvalue weighted by Crippen LogP contribution is 2.69. The highest BCUT2D eigenvalue weighted by Gasteiger charge is 2.59. The zero-order chi connectivity index (χ0) is 15.7. The molecule has 4 bridgehead atoms. The second-order valence-electron chi connectivity index (χ2n) is 9.34. The van der Waals surface area contributed by atoms with Crippen molar-refractivity contribution < 1.29 is 0 Å². The van der Waals surface area contributed by atoms with Crippen LogP contribution in [0.2, 0.25) is 0 Å². The third-order valence-electron chi connectivity index (χ3n) is 6.62. The van der Waals surface area contributed by atoms with Crippen molar-refractivity contribution in [3.05, 3.63) is 12.5 Å². The largest absolute Gasteiger partial charge is 0.369 e. The van der Waals surface area contributed by atoms with E-state index >= 15 is 0 Å². The zero-order valence-electron chi connectivity index (χ0n) is 14.0. The second-order valence-corrected chi connectivity index (χ2v) is 9.34. The first-order valence-corrected chi connectivity index (χ1v) is 8.85. The Hall–Kier alpha value is -1.65. The number of hydrogen-bond donors (Lipinski definition) is 2. The lowest BCUT2D eigenvalue weighted by molar-refractivity contribution is -0.138. The minimum Gasteiger partial charge on any atom is -0.369 e. The van der Waals surface area contributed by atoms with E-state index < -0.39 is 0 Å². The second kappa shape index (κ2) is 4.25. The van der Waals surface area contributed by atoms with Crippen molar-refractivity contribution in [1.82, 2.24) is 20.2 Å².